The molecule has 1 fully saturated rings. The summed E-state index contributed by atoms with van der Waals surface area (Å²) < 4.78 is 1.35. The molecule has 2 heterocycles. The molecule has 0 unspecified atom stereocenters. The maximum atomic E-state index is 12.8. The largest absolute Gasteiger partial charge is 0.370 e. The van der Waals surface area contributed by atoms with Crippen LogP contribution in [-0.4, -0.2) is 45.6 Å². The highest BCUT2D eigenvalue weighted by atomic mass is 16.1. The fourth-order valence-corrected chi connectivity index (χ4v) is 2.92. The van der Waals surface area contributed by atoms with E-state index >= 15 is 0 Å². The molecule has 0 radical (unpaired) electrons. The van der Waals surface area contributed by atoms with Crippen molar-refractivity contribution in [3.8, 4) is 0 Å². The lowest BCUT2D eigenvalue weighted by atomic mass is 9.88. The van der Waals surface area contributed by atoms with E-state index < -0.39 is 18.0 Å². The molecule has 0 aromatic carbocycles. The van der Waals surface area contributed by atoms with E-state index in [4.69, 9.17) is 11.5 Å². The van der Waals surface area contributed by atoms with Crippen LogP contribution >= 0.6 is 0 Å². The standard InChI is InChI=1S/C15H24N6O3/c1-9(22)6-11(16)12-8-21(20-19-12)13(7-14(17)23)15(24)10-2-4-18-5-3-10/h8,10-11,13,18H,2-7,16H2,1H3,(H2,17,23)/t11-,13-/m0/s1. The van der Waals surface area contributed by atoms with Gasteiger partial charge in [-0.3, -0.25) is 14.4 Å². The number of nitrogens with zero attached hydrogens (tertiary/aromatic N) is 3. The Morgan fingerprint density at radius 3 is 2.58 bits per heavy atom. The number of piperidine rings is 1. The van der Waals surface area contributed by atoms with Gasteiger partial charge in [0.1, 0.15) is 11.8 Å². The normalized spacial score (nSPS) is 18.1. The Morgan fingerprint density at radius 2 is 2.00 bits per heavy atom. The van der Waals surface area contributed by atoms with Crippen LogP contribution < -0.4 is 16.8 Å². The smallest absolute Gasteiger partial charge is 0.220 e. The van der Waals surface area contributed by atoms with Crippen molar-refractivity contribution in [2.45, 2.75) is 44.7 Å². The molecule has 24 heavy (non-hydrogen) atoms. The number of nitrogens with one attached hydrogen (secondary N) is 1. The molecule has 2 rings (SSSR count). The Balaban J connectivity index is 2.18. The van der Waals surface area contributed by atoms with Crippen LogP contribution in [0, 0.1) is 5.92 Å². The first-order valence-corrected chi connectivity index (χ1v) is 8.08. The molecule has 0 aliphatic carbocycles. The minimum atomic E-state index is -0.781. The van der Waals surface area contributed by atoms with Gasteiger partial charge in [0.25, 0.3) is 0 Å². The molecule has 9 nitrogen and oxygen atoms in total. The second-order valence-corrected chi connectivity index (χ2v) is 6.25. The number of ketones is 2. The summed E-state index contributed by atoms with van der Waals surface area (Å²) >= 11 is 0. The molecule has 2 atom stereocenters. The van der Waals surface area contributed by atoms with Crippen LogP contribution in [0.2, 0.25) is 0 Å². The van der Waals surface area contributed by atoms with Gasteiger partial charge >= 0.3 is 0 Å². The van der Waals surface area contributed by atoms with Gasteiger partial charge in [-0.05, 0) is 32.9 Å². The van der Waals surface area contributed by atoms with Crippen LogP contribution in [0.25, 0.3) is 0 Å². The summed E-state index contributed by atoms with van der Waals surface area (Å²) in [4.78, 5) is 35.3. The Kier molecular flexibility index (Phi) is 6.16. The Hall–Kier alpha value is -2.13. The zero-order valence-corrected chi connectivity index (χ0v) is 13.8. The summed E-state index contributed by atoms with van der Waals surface area (Å²) in [6.07, 6.45) is 2.98. The number of carbonyl (C=O) groups is 3. The number of amides is 1. The summed E-state index contributed by atoms with van der Waals surface area (Å²) in [6.45, 7) is 2.98. The second kappa shape index (κ2) is 8.11. The van der Waals surface area contributed by atoms with Gasteiger partial charge in [0.2, 0.25) is 5.91 Å². The van der Waals surface area contributed by atoms with Gasteiger partial charge in [0, 0.05) is 12.3 Å². The highest BCUT2D eigenvalue weighted by molar-refractivity contribution is 5.89. The summed E-state index contributed by atoms with van der Waals surface area (Å²) in [6, 6.07) is -1.36. The van der Waals surface area contributed by atoms with E-state index in [0.29, 0.717) is 5.69 Å². The topological polar surface area (TPSA) is 146 Å². The number of hydrogen-bond acceptors (Lipinski definition) is 7. The fraction of sp³-hybridized carbons (Fsp3) is 0.667. The molecule has 5 N–H and O–H groups in total. The van der Waals surface area contributed by atoms with E-state index in [1.54, 1.807) is 0 Å². The van der Waals surface area contributed by atoms with Crippen LogP contribution in [0.5, 0.6) is 0 Å². The van der Waals surface area contributed by atoms with Crippen molar-refractivity contribution in [3.05, 3.63) is 11.9 Å². The zero-order valence-electron chi connectivity index (χ0n) is 13.8. The summed E-state index contributed by atoms with van der Waals surface area (Å²) in [5.74, 6) is -0.829. The quantitative estimate of drug-likeness (QED) is 0.565. The minimum absolute atomic E-state index is 0.0588. The van der Waals surface area contributed by atoms with Gasteiger partial charge in [0.15, 0.2) is 5.78 Å². The van der Waals surface area contributed by atoms with Crippen molar-refractivity contribution in [1.82, 2.24) is 20.3 Å². The first-order valence-electron chi connectivity index (χ1n) is 8.08. The van der Waals surface area contributed by atoms with Crippen molar-refractivity contribution >= 4 is 17.5 Å². The first-order chi connectivity index (χ1) is 11.4. The third-order valence-corrected chi connectivity index (χ3v) is 4.20. The minimum Gasteiger partial charge on any atom is -0.370 e. The summed E-state index contributed by atoms with van der Waals surface area (Å²) in [5.41, 5.74) is 11.6. The lowest BCUT2D eigenvalue weighted by Gasteiger charge is -2.25. The van der Waals surface area contributed by atoms with Gasteiger partial charge in [-0.25, -0.2) is 4.68 Å². The summed E-state index contributed by atoms with van der Waals surface area (Å²) in [7, 11) is 0. The summed E-state index contributed by atoms with van der Waals surface area (Å²) in [5, 5.41) is 11.1. The number of aromatic nitrogens is 3. The lowest BCUT2D eigenvalue weighted by Crippen LogP contribution is -2.37. The molecular weight excluding hydrogens is 312 g/mol. The molecule has 1 aromatic rings. The number of rotatable bonds is 8. The van der Waals surface area contributed by atoms with Crippen molar-refractivity contribution in [2.24, 2.45) is 17.4 Å². The molecule has 132 valence electrons. The van der Waals surface area contributed by atoms with Crippen LogP contribution in [0.1, 0.15) is 50.4 Å². The fourth-order valence-electron chi connectivity index (χ4n) is 2.92. The molecule has 1 amide bonds. The van der Waals surface area contributed by atoms with Gasteiger partial charge in [0.05, 0.1) is 24.4 Å². The van der Waals surface area contributed by atoms with Crippen molar-refractivity contribution in [1.29, 1.82) is 0 Å². The molecule has 0 spiro atoms. The number of nitrogens with two attached hydrogens (primary N) is 2. The van der Waals surface area contributed by atoms with Gasteiger partial charge in [-0.1, -0.05) is 5.21 Å². The van der Waals surface area contributed by atoms with E-state index in [2.05, 4.69) is 15.6 Å². The average Bonchev–Trinajstić information content (AvgIpc) is 3.02. The predicted molar refractivity (Wildman–Crippen MR) is 85.7 cm³/mol. The van der Waals surface area contributed by atoms with Crippen LogP contribution in [0.15, 0.2) is 6.20 Å². The molecule has 0 bridgehead atoms. The zero-order chi connectivity index (χ0) is 17.7. The Morgan fingerprint density at radius 1 is 1.33 bits per heavy atom. The van der Waals surface area contributed by atoms with Crippen LogP contribution in [0.4, 0.5) is 0 Å². The molecular formula is C15H24N6O3. The van der Waals surface area contributed by atoms with Gasteiger partial charge < -0.3 is 16.8 Å². The van der Waals surface area contributed by atoms with Crippen LogP contribution in [0.3, 0.4) is 0 Å². The van der Waals surface area contributed by atoms with E-state index in [1.807, 2.05) is 0 Å². The van der Waals surface area contributed by atoms with E-state index in [1.165, 1.54) is 17.8 Å². The van der Waals surface area contributed by atoms with Gasteiger partial charge in [-0.2, -0.15) is 0 Å². The highest BCUT2D eigenvalue weighted by Crippen LogP contribution is 2.23. The maximum Gasteiger partial charge on any atom is 0.220 e. The van der Waals surface area contributed by atoms with E-state index in [-0.39, 0.29) is 30.3 Å². The molecule has 1 aromatic heterocycles. The highest BCUT2D eigenvalue weighted by Gasteiger charge is 2.31. The van der Waals surface area contributed by atoms with Crippen molar-refractivity contribution in [3.63, 3.8) is 0 Å². The molecule has 1 aliphatic heterocycles. The van der Waals surface area contributed by atoms with Gasteiger partial charge in [-0.15, -0.1) is 5.10 Å². The third kappa shape index (κ3) is 4.68. The average molecular weight is 336 g/mol. The Labute approximate surface area is 140 Å². The number of carbonyl (C=O) groups excluding carboxylic acids is 3. The monoisotopic (exact) mass is 336 g/mol. The third-order valence-electron chi connectivity index (χ3n) is 4.20. The molecule has 1 saturated heterocycles. The predicted octanol–water partition coefficient (Wildman–Crippen LogP) is -0.758. The molecule has 9 heteroatoms. The SMILES string of the molecule is CC(=O)C[C@H](N)c1cn([C@@H](CC(N)=O)C(=O)C2CCNCC2)nn1. The van der Waals surface area contributed by atoms with E-state index in [9.17, 15) is 14.4 Å². The number of primary amides is 1. The van der Waals surface area contributed by atoms with Crippen LogP contribution in [-0.2, 0) is 14.4 Å². The second-order valence-electron chi connectivity index (χ2n) is 6.25. The maximum absolute atomic E-state index is 12.8. The van der Waals surface area contributed by atoms with E-state index in [0.717, 1.165) is 25.9 Å². The number of Topliss-reactive ketones (excluding diaryl/α,β-unsaturated/α-hetero) is 2. The molecule has 1 aliphatic rings. The van der Waals surface area contributed by atoms with Crippen molar-refractivity contribution < 1.29 is 14.4 Å². The lowest BCUT2D eigenvalue weighted by molar-refractivity contribution is -0.130. The molecule has 0 saturated carbocycles. The Bertz CT molecular complexity index is 608. The number of hydrogen-bond donors (Lipinski definition) is 3. The van der Waals surface area contributed by atoms with Crippen molar-refractivity contribution in [2.75, 3.05) is 13.1 Å². The first kappa shape index (κ1) is 18.2.